The van der Waals surface area contributed by atoms with Crippen molar-refractivity contribution < 1.29 is 5.11 Å². The Morgan fingerprint density at radius 2 is 2.14 bits per heavy atom. The van der Waals surface area contributed by atoms with Crippen molar-refractivity contribution in [2.24, 2.45) is 0 Å². The molecule has 0 aliphatic carbocycles. The molecule has 0 aromatic carbocycles. The van der Waals surface area contributed by atoms with Gasteiger partial charge in [0.1, 0.15) is 28.5 Å². The minimum atomic E-state index is -1.09. The zero-order chi connectivity index (χ0) is 10.8. The van der Waals surface area contributed by atoms with Gasteiger partial charge in [0.05, 0.1) is 0 Å². The summed E-state index contributed by atoms with van der Waals surface area (Å²) in [6, 6.07) is 0. The zero-order valence-electron chi connectivity index (χ0n) is 7.87. The van der Waals surface area contributed by atoms with Gasteiger partial charge in [-0.1, -0.05) is 23.4 Å². The van der Waals surface area contributed by atoms with Gasteiger partial charge in [-0.05, 0) is 13.8 Å². The van der Waals surface area contributed by atoms with E-state index in [-0.39, 0.29) is 11.0 Å². The van der Waals surface area contributed by atoms with Crippen LogP contribution >= 0.6 is 11.6 Å². The van der Waals surface area contributed by atoms with Gasteiger partial charge in [0.25, 0.3) is 0 Å². The Morgan fingerprint density at radius 3 is 2.64 bits per heavy atom. The summed E-state index contributed by atoms with van der Waals surface area (Å²) in [5.41, 5.74) is 4.78. The lowest BCUT2D eigenvalue weighted by atomic mass is 10.1. The monoisotopic (exact) mass is 211 g/mol. The van der Waals surface area contributed by atoms with E-state index in [4.69, 9.17) is 17.3 Å². The fourth-order valence-electron chi connectivity index (χ4n) is 0.708. The van der Waals surface area contributed by atoms with E-state index in [2.05, 4.69) is 21.8 Å². The summed E-state index contributed by atoms with van der Waals surface area (Å²) in [7, 11) is 0. The Bertz CT molecular complexity index is 380. The van der Waals surface area contributed by atoms with Crippen molar-refractivity contribution in [2.45, 2.75) is 19.4 Å². The molecule has 4 nitrogen and oxygen atoms in total. The molecule has 5 heteroatoms. The predicted octanol–water partition coefficient (Wildman–Crippen LogP) is 0.835. The van der Waals surface area contributed by atoms with E-state index in [0.717, 1.165) is 0 Å². The highest BCUT2D eigenvalue weighted by atomic mass is 35.5. The summed E-state index contributed by atoms with van der Waals surface area (Å²) >= 11 is 5.74. The highest BCUT2D eigenvalue weighted by Gasteiger charge is 2.08. The maximum absolute atomic E-state index is 9.36. The molecule has 14 heavy (non-hydrogen) atoms. The van der Waals surface area contributed by atoms with Gasteiger partial charge in [0.15, 0.2) is 0 Å². The van der Waals surface area contributed by atoms with Crippen molar-refractivity contribution >= 4 is 17.4 Å². The molecule has 0 amide bonds. The second kappa shape index (κ2) is 3.82. The topological polar surface area (TPSA) is 72.0 Å². The number of hydrogen-bond acceptors (Lipinski definition) is 4. The van der Waals surface area contributed by atoms with E-state index in [1.54, 1.807) is 13.8 Å². The van der Waals surface area contributed by atoms with Crippen LogP contribution in [-0.2, 0) is 0 Å². The molecule has 0 aliphatic rings. The zero-order valence-corrected chi connectivity index (χ0v) is 8.63. The molecular formula is C9H10ClN3O. The molecule has 74 valence electrons. The number of nitrogen functional groups attached to an aromatic ring is 1. The van der Waals surface area contributed by atoms with Crippen molar-refractivity contribution in [3.8, 4) is 11.8 Å². The van der Waals surface area contributed by atoms with Crippen LogP contribution in [0.5, 0.6) is 0 Å². The van der Waals surface area contributed by atoms with Crippen molar-refractivity contribution in [1.82, 2.24) is 9.97 Å². The van der Waals surface area contributed by atoms with Gasteiger partial charge in [-0.3, -0.25) is 0 Å². The van der Waals surface area contributed by atoms with E-state index in [9.17, 15) is 5.11 Å². The third kappa shape index (κ3) is 2.87. The van der Waals surface area contributed by atoms with Gasteiger partial charge < -0.3 is 10.8 Å². The molecule has 0 saturated heterocycles. The number of hydrogen-bond donors (Lipinski definition) is 2. The highest BCUT2D eigenvalue weighted by Crippen LogP contribution is 2.15. The lowest BCUT2D eigenvalue weighted by Crippen LogP contribution is -2.14. The normalized spacial score (nSPS) is 10.6. The average Bonchev–Trinajstić information content (AvgIpc) is 2.01. The number of rotatable bonds is 0. The number of halogens is 1. The van der Waals surface area contributed by atoms with Gasteiger partial charge in [-0.25, -0.2) is 9.97 Å². The van der Waals surface area contributed by atoms with Gasteiger partial charge >= 0.3 is 0 Å². The molecule has 3 N–H and O–H groups in total. The summed E-state index contributed by atoms with van der Waals surface area (Å²) in [5.74, 6) is 5.43. The Balaban J connectivity index is 3.13. The van der Waals surface area contributed by atoms with Crippen LogP contribution in [0.4, 0.5) is 5.82 Å². The Hall–Kier alpha value is -1.31. The number of aromatic nitrogens is 2. The SMILES string of the molecule is CC(C)(O)C#Cc1c(N)ncnc1Cl. The highest BCUT2D eigenvalue weighted by molar-refractivity contribution is 6.30. The van der Waals surface area contributed by atoms with Crippen LogP contribution in [0.15, 0.2) is 6.33 Å². The third-order valence-electron chi connectivity index (χ3n) is 1.32. The Kier molecular flexibility index (Phi) is 2.94. The minimum absolute atomic E-state index is 0.189. The van der Waals surface area contributed by atoms with Crippen LogP contribution in [0.25, 0.3) is 0 Å². The molecule has 0 radical (unpaired) electrons. The molecule has 1 aromatic heterocycles. The van der Waals surface area contributed by atoms with Crippen molar-refractivity contribution in [2.75, 3.05) is 5.73 Å². The van der Waals surface area contributed by atoms with E-state index in [1.807, 2.05) is 0 Å². The summed E-state index contributed by atoms with van der Waals surface area (Å²) in [5, 5.41) is 9.55. The number of aliphatic hydroxyl groups is 1. The minimum Gasteiger partial charge on any atom is -0.383 e. The molecule has 0 atom stereocenters. The Morgan fingerprint density at radius 1 is 1.50 bits per heavy atom. The van der Waals surface area contributed by atoms with E-state index >= 15 is 0 Å². The summed E-state index contributed by atoms with van der Waals surface area (Å²) in [6.45, 7) is 3.13. The predicted molar refractivity (Wildman–Crippen MR) is 54.6 cm³/mol. The maximum atomic E-state index is 9.36. The number of nitrogens with zero attached hydrogens (tertiary/aromatic N) is 2. The van der Waals surface area contributed by atoms with Crippen LogP contribution in [0, 0.1) is 11.8 Å². The van der Waals surface area contributed by atoms with Crippen LogP contribution in [0.1, 0.15) is 19.4 Å². The summed E-state index contributed by atoms with van der Waals surface area (Å²) < 4.78 is 0. The van der Waals surface area contributed by atoms with Crippen molar-refractivity contribution in [3.05, 3.63) is 17.0 Å². The molecule has 0 aliphatic heterocycles. The van der Waals surface area contributed by atoms with Gasteiger partial charge in [0, 0.05) is 0 Å². The van der Waals surface area contributed by atoms with Crippen molar-refractivity contribution in [3.63, 3.8) is 0 Å². The molecule has 0 unspecified atom stereocenters. The first-order valence-corrected chi connectivity index (χ1v) is 4.29. The second-order valence-corrected chi connectivity index (χ2v) is 3.59. The maximum Gasteiger partial charge on any atom is 0.150 e. The molecule has 0 bridgehead atoms. The first kappa shape index (κ1) is 10.8. The molecule has 1 rings (SSSR count). The first-order chi connectivity index (χ1) is 6.40. The smallest absolute Gasteiger partial charge is 0.150 e. The average molecular weight is 212 g/mol. The van der Waals surface area contributed by atoms with Crippen LogP contribution in [0.2, 0.25) is 5.15 Å². The van der Waals surface area contributed by atoms with Gasteiger partial charge in [0.2, 0.25) is 0 Å². The Labute approximate surface area is 87.1 Å². The molecular weight excluding hydrogens is 202 g/mol. The van der Waals surface area contributed by atoms with Crippen molar-refractivity contribution in [1.29, 1.82) is 0 Å². The summed E-state index contributed by atoms with van der Waals surface area (Å²) in [4.78, 5) is 7.47. The molecule has 1 heterocycles. The fraction of sp³-hybridized carbons (Fsp3) is 0.333. The van der Waals surface area contributed by atoms with E-state index in [0.29, 0.717) is 5.56 Å². The molecule has 0 spiro atoms. The van der Waals surface area contributed by atoms with Crippen LogP contribution < -0.4 is 5.73 Å². The van der Waals surface area contributed by atoms with Gasteiger partial charge in [-0.15, -0.1) is 0 Å². The fourth-order valence-corrected chi connectivity index (χ4v) is 0.895. The lowest BCUT2D eigenvalue weighted by Gasteiger charge is -2.06. The second-order valence-electron chi connectivity index (χ2n) is 3.23. The number of anilines is 1. The first-order valence-electron chi connectivity index (χ1n) is 3.91. The summed E-state index contributed by atoms with van der Waals surface area (Å²) in [6.07, 6.45) is 1.26. The van der Waals surface area contributed by atoms with E-state index < -0.39 is 5.60 Å². The molecule has 0 saturated carbocycles. The van der Waals surface area contributed by atoms with Crippen LogP contribution in [0.3, 0.4) is 0 Å². The lowest BCUT2D eigenvalue weighted by molar-refractivity contribution is 0.143. The standard InChI is InChI=1S/C9H10ClN3O/c1-9(2,14)4-3-6-7(10)12-5-13-8(6)11/h5,14H,1-2H3,(H2,11,12,13). The largest absolute Gasteiger partial charge is 0.383 e. The quantitative estimate of drug-likeness (QED) is 0.493. The van der Waals surface area contributed by atoms with E-state index in [1.165, 1.54) is 6.33 Å². The molecule has 0 fully saturated rings. The van der Waals surface area contributed by atoms with Crippen LogP contribution in [-0.4, -0.2) is 20.7 Å². The van der Waals surface area contributed by atoms with Gasteiger partial charge in [-0.2, -0.15) is 0 Å². The number of nitrogens with two attached hydrogens (primary N) is 1. The third-order valence-corrected chi connectivity index (χ3v) is 1.61. The molecule has 1 aromatic rings.